The molecule has 1 saturated heterocycles. The normalized spacial score (nSPS) is 16.4. The Morgan fingerprint density at radius 2 is 1.59 bits per heavy atom. The van der Waals surface area contributed by atoms with E-state index < -0.39 is 10.0 Å². The second kappa shape index (κ2) is 9.87. The summed E-state index contributed by atoms with van der Waals surface area (Å²) in [4.78, 5) is 16.1. The second-order valence-corrected chi connectivity index (χ2v) is 8.58. The molecule has 0 saturated carbocycles. The Bertz CT molecular complexity index is 883. The Labute approximate surface area is 172 Å². The first-order valence-corrected chi connectivity index (χ1v) is 11.2. The van der Waals surface area contributed by atoms with Crippen molar-refractivity contribution in [1.29, 1.82) is 0 Å². The van der Waals surface area contributed by atoms with Gasteiger partial charge < -0.3 is 9.64 Å². The number of benzene rings is 2. The molecule has 3 rings (SSSR count). The largest absolute Gasteiger partial charge is 0.450 e. The number of amides is 1. The molecule has 1 aliphatic heterocycles. The van der Waals surface area contributed by atoms with Crippen LogP contribution in [0.4, 0.5) is 4.79 Å². The van der Waals surface area contributed by atoms with Gasteiger partial charge in [0.25, 0.3) is 0 Å². The van der Waals surface area contributed by atoms with Gasteiger partial charge in [-0.25, -0.2) is 17.9 Å². The summed E-state index contributed by atoms with van der Waals surface area (Å²) >= 11 is 0. The SMILES string of the molecule is CCOC(=O)N1CCN([C@H](CNS(=O)(=O)c2ccccc2)c2ccccc2)CC1. The van der Waals surface area contributed by atoms with Crippen molar-refractivity contribution >= 4 is 16.1 Å². The van der Waals surface area contributed by atoms with Crippen molar-refractivity contribution in [3.63, 3.8) is 0 Å². The van der Waals surface area contributed by atoms with Gasteiger partial charge in [-0.05, 0) is 24.6 Å². The first kappa shape index (κ1) is 21.3. The minimum atomic E-state index is -3.59. The first-order chi connectivity index (χ1) is 14.0. The number of rotatable bonds is 7. The van der Waals surface area contributed by atoms with Gasteiger partial charge in [0.2, 0.25) is 10.0 Å². The zero-order valence-electron chi connectivity index (χ0n) is 16.5. The van der Waals surface area contributed by atoms with E-state index in [2.05, 4.69) is 9.62 Å². The van der Waals surface area contributed by atoms with E-state index in [4.69, 9.17) is 4.74 Å². The molecule has 156 valence electrons. The molecule has 1 amide bonds. The molecule has 1 heterocycles. The molecule has 1 aliphatic rings. The Kier molecular flexibility index (Phi) is 7.24. The maximum Gasteiger partial charge on any atom is 0.409 e. The molecular formula is C21H27N3O4S. The van der Waals surface area contributed by atoms with E-state index >= 15 is 0 Å². The van der Waals surface area contributed by atoms with Crippen LogP contribution in [0.15, 0.2) is 65.6 Å². The number of carbonyl (C=O) groups excluding carboxylic acids is 1. The van der Waals surface area contributed by atoms with E-state index in [0.29, 0.717) is 32.8 Å². The Morgan fingerprint density at radius 1 is 1.00 bits per heavy atom. The van der Waals surface area contributed by atoms with E-state index in [-0.39, 0.29) is 23.6 Å². The Hall–Kier alpha value is -2.42. The predicted molar refractivity (Wildman–Crippen MR) is 111 cm³/mol. The standard InChI is InChI=1S/C21H27N3O4S/c1-2-28-21(25)24-15-13-23(14-16-24)20(18-9-5-3-6-10-18)17-22-29(26,27)19-11-7-4-8-12-19/h3-12,20,22H,2,13-17H2,1H3/t20-/m1/s1. The van der Waals surface area contributed by atoms with Gasteiger partial charge in [-0.15, -0.1) is 0 Å². The van der Waals surface area contributed by atoms with Crippen LogP contribution in [0.3, 0.4) is 0 Å². The molecule has 29 heavy (non-hydrogen) atoms. The van der Waals surface area contributed by atoms with Crippen LogP contribution in [0.2, 0.25) is 0 Å². The third-order valence-electron chi connectivity index (χ3n) is 4.99. The Morgan fingerprint density at radius 3 is 2.17 bits per heavy atom. The van der Waals surface area contributed by atoms with E-state index in [0.717, 1.165) is 5.56 Å². The quantitative estimate of drug-likeness (QED) is 0.749. The van der Waals surface area contributed by atoms with Crippen LogP contribution < -0.4 is 4.72 Å². The van der Waals surface area contributed by atoms with E-state index in [9.17, 15) is 13.2 Å². The number of hydrogen-bond donors (Lipinski definition) is 1. The van der Waals surface area contributed by atoms with Gasteiger partial charge in [-0.3, -0.25) is 4.90 Å². The highest BCUT2D eigenvalue weighted by molar-refractivity contribution is 7.89. The van der Waals surface area contributed by atoms with Gasteiger partial charge in [0.1, 0.15) is 0 Å². The van der Waals surface area contributed by atoms with Crippen LogP contribution in [-0.4, -0.2) is 63.6 Å². The summed E-state index contributed by atoms with van der Waals surface area (Å²) in [6, 6.07) is 18.1. The van der Waals surface area contributed by atoms with Gasteiger partial charge in [-0.1, -0.05) is 48.5 Å². The first-order valence-electron chi connectivity index (χ1n) is 9.76. The molecule has 0 spiro atoms. The molecule has 1 atom stereocenters. The van der Waals surface area contributed by atoms with Crippen molar-refractivity contribution < 1.29 is 17.9 Å². The molecule has 2 aromatic rings. The molecule has 8 heteroatoms. The fourth-order valence-corrected chi connectivity index (χ4v) is 4.49. The van der Waals surface area contributed by atoms with Crippen molar-refractivity contribution in [2.45, 2.75) is 17.9 Å². The number of piperazine rings is 1. The summed E-state index contributed by atoms with van der Waals surface area (Å²) in [5.41, 5.74) is 1.04. The topological polar surface area (TPSA) is 79.0 Å². The highest BCUT2D eigenvalue weighted by Gasteiger charge is 2.28. The summed E-state index contributed by atoms with van der Waals surface area (Å²) in [5, 5.41) is 0. The van der Waals surface area contributed by atoms with Crippen molar-refractivity contribution in [1.82, 2.24) is 14.5 Å². The molecule has 1 fully saturated rings. The van der Waals surface area contributed by atoms with Gasteiger partial charge in [-0.2, -0.15) is 0 Å². The summed E-state index contributed by atoms with van der Waals surface area (Å²) in [5.74, 6) is 0. The lowest BCUT2D eigenvalue weighted by Gasteiger charge is -2.39. The molecular weight excluding hydrogens is 390 g/mol. The van der Waals surface area contributed by atoms with Crippen LogP contribution in [-0.2, 0) is 14.8 Å². The highest BCUT2D eigenvalue weighted by Crippen LogP contribution is 2.22. The van der Waals surface area contributed by atoms with Gasteiger partial charge in [0.15, 0.2) is 0 Å². The lowest BCUT2D eigenvalue weighted by molar-refractivity contribution is 0.0665. The number of carbonyl (C=O) groups is 1. The van der Waals surface area contributed by atoms with Gasteiger partial charge in [0, 0.05) is 38.8 Å². The van der Waals surface area contributed by atoms with Crippen LogP contribution in [0.5, 0.6) is 0 Å². The molecule has 0 aliphatic carbocycles. The molecule has 0 unspecified atom stereocenters. The summed E-state index contributed by atoms with van der Waals surface area (Å²) in [6.45, 7) is 4.78. The summed E-state index contributed by atoms with van der Waals surface area (Å²) in [7, 11) is -3.59. The average molecular weight is 418 g/mol. The van der Waals surface area contributed by atoms with Crippen LogP contribution in [0, 0.1) is 0 Å². The average Bonchev–Trinajstić information content (AvgIpc) is 2.76. The Balaban J connectivity index is 1.71. The molecule has 7 nitrogen and oxygen atoms in total. The molecule has 0 bridgehead atoms. The smallest absolute Gasteiger partial charge is 0.409 e. The summed E-state index contributed by atoms with van der Waals surface area (Å²) < 4.78 is 33.2. The number of ether oxygens (including phenoxy) is 1. The van der Waals surface area contributed by atoms with E-state index in [1.54, 1.807) is 42.2 Å². The zero-order valence-corrected chi connectivity index (χ0v) is 17.3. The lowest BCUT2D eigenvalue weighted by Crippen LogP contribution is -2.51. The maximum atomic E-state index is 12.7. The van der Waals surface area contributed by atoms with Crippen molar-refractivity contribution in [2.24, 2.45) is 0 Å². The monoisotopic (exact) mass is 417 g/mol. The number of nitrogens with zero attached hydrogens (tertiary/aromatic N) is 2. The zero-order chi connectivity index (χ0) is 20.7. The van der Waals surface area contributed by atoms with Crippen molar-refractivity contribution in [2.75, 3.05) is 39.3 Å². The summed E-state index contributed by atoms with van der Waals surface area (Å²) in [6.07, 6.45) is -0.298. The highest BCUT2D eigenvalue weighted by atomic mass is 32.2. The van der Waals surface area contributed by atoms with Crippen molar-refractivity contribution in [3.8, 4) is 0 Å². The van der Waals surface area contributed by atoms with Crippen LogP contribution in [0.1, 0.15) is 18.5 Å². The predicted octanol–water partition coefficient (Wildman–Crippen LogP) is 2.48. The molecule has 0 aromatic heterocycles. The fourth-order valence-electron chi connectivity index (χ4n) is 3.44. The van der Waals surface area contributed by atoms with Crippen molar-refractivity contribution in [3.05, 3.63) is 66.2 Å². The minimum absolute atomic E-state index is 0.126. The third-order valence-corrected chi connectivity index (χ3v) is 6.43. The number of sulfonamides is 1. The number of hydrogen-bond acceptors (Lipinski definition) is 5. The molecule has 0 radical (unpaired) electrons. The van der Waals surface area contributed by atoms with Gasteiger partial charge in [0.05, 0.1) is 11.5 Å². The van der Waals surface area contributed by atoms with Gasteiger partial charge >= 0.3 is 6.09 Å². The third kappa shape index (κ3) is 5.56. The number of nitrogens with one attached hydrogen (secondary N) is 1. The van der Waals surface area contributed by atoms with Crippen LogP contribution >= 0.6 is 0 Å². The van der Waals surface area contributed by atoms with E-state index in [1.807, 2.05) is 30.3 Å². The maximum absolute atomic E-state index is 12.7. The van der Waals surface area contributed by atoms with E-state index in [1.165, 1.54) is 0 Å². The second-order valence-electron chi connectivity index (χ2n) is 6.81. The molecule has 2 aromatic carbocycles. The molecule has 1 N–H and O–H groups in total. The fraction of sp³-hybridized carbons (Fsp3) is 0.381. The van der Waals surface area contributed by atoms with Crippen LogP contribution in [0.25, 0.3) is 0 Å². The minimum Gasteiger partial charge on any atom is -0.450 e. The lowest BCUT2D eigenvalue weighted by atomic mass is 10.0.